The number of carbonyl (C=O) groups excluding carboxylic acids is 1. The van der Waals surface area contributed by atoms with Crippen molar-refractivity contribution in [2.45, 2.75) is 64.0 Å². The van der Waals surface area contributed by atoms with Crippen molar-refractivity contribution in [2.24, 2.45) is 0 Å². The van der Waals surface area contributed by atoms with Gasteiger partial charge in [0.1, 0.15) is 5.82 Å². The molecule has 2 N–H and O–H groups in total. The van der Waals surface area contributed by atoms with Crippen molar-refractivity contribution in [2.75, 3.05) is 36.4 Å². The minimum Gasteiger partial charge on any atom is -0.372 e. The number of aromatic nitrogens is 1. The molecule has 3 heterocycles. The van der Waals surface area contributed by atoms with E-state index in [1.807, 2.05) is 26.0 Å². The van der Waals surface area contributed by atoms with Gasteiger partial charge in [-0.15, -0.1) is 0 Å². The van der Waals surface area contributed by atoms with Crippen LogP contribution >= 0.6 is 0 Å². The quantitative estimate of drug-likeness (QED) is 0.727. The van der Waals surface area contributed by atoms with Crippen LogP contribution in [-0.2, 0) is 14.8 Å². The first kappa shape index (κ1) is 22.8. The van der Waals surface area contributed by atoms with E-state index in [0.29, 0.717) is 31.6 Å². The van der Waals surface area contributed by atoms with Crippen LogP contribution in [0, 0.1) is 0 Å². The molecule has 0 aliphatic carbocycles. The van der Waals surface area contributed by atoms with Crippen LogP contribution in [-0.4, -0.2) is 74.0 Å². The Morgan fingerprint density at radius 3 is 2.33 bits per heavy atom. The van der Waals surface area contributed by atoms with E-state index >= 15 is 0 Å². The van der Waals surface area contributed by atoms with Gasteiger partial charge in [0.2, 0.25) is 10.0 Å². The van der Waals surface area contributed by atoms with Crippen LogP contribution in [0.2, 0.25) is 0 Å². The van der Waals surface area contributed by atoms with E-state index in [-0.39, 0.29) is 24.3 Å². The Kier molecular flexibility index (Phi) is 7.20. The molecule has 168 valence electrons. The highest BCUT2D eigenvalue weighted by molar-refractivity contribution is 7.90. The van der Waals surface area contributed by atoms with Crippen molar-refractivity contribution in [3.8, 4) is 0 Å². The monoisotopic (exact) mass is 439 g/mol. The Morgan fingerprint density at radius 2 is 1.80 bits per heavy atom. The molecule has 2 saturated heterocycles. The Bertz CT molecular complexity index is 812. The molecule has 2 aliphatic rings. The minimum atomic E-state index is -3.29. The summed E-state index contributed by atoms with van der Waals surface area (Å²) in [6.07, 6.45) is 3.18. The summed E-state index contributed by atoms with van der Waals surface area (Å²) < 4.78 is 32.5. The van der Waals surface area contributed by atoms with Gasteiger partial charge >= 0.3 is 6.03 Å². The maximum Gasteiger partial charge on any atom is 0.321 e. The van der Waals surface area contributed by atoms with Gasteiger partial charge in [-0.1, -0.05) is 0 Å². The summed E-state index contributed by atoms with van der Waals surface area (Å²) in [4.78, 5) is 21.0. The maximum atomic E-state index is 12.6. The standard InChI is InChI=1S/C20H33N5O4S/c1-14(2)30(27,28)23-17-7-9-24(10-8-17)20(26)22-18-5-6-19(21-11-18)25-12-15(3)29-16(4)13-25/h5-6,11,14-17,23H,7-10,12-13H2,1-4H3,(H,22,26). The number of pyridine rings is 1. The summed E-state index contributed by atoms with van der Waals surface area (Å²) in [5, 5.41) is 2.42. The summed E-state index contributed by atoms with van der Waals surface area (Å²) in [6, 6.07) is 3.45. The van der Waals surface area contributed by atoms with E-state index in [4.69, 9.17) is 4.74 Å². The molecular formula is C20H33N5O4S. The van der Waals surface area contributed by atoms with E-state index in [1.54, 1.807) is 24.9 Å². The number of anilines is 2. The van der Waals surface area contributed by atoms with Gasteiger partial charge in [-0.05, 0) is 52.7 Å². The normalized spacial score (nSPS) is 23.6. The van der Waals surface area contributed by atoms with Crippen LogP contribution < -0.4 is 14.9 Å². The van der Waals surface area contributed by atoms with Crippen LogP contribution in [0.5, 0.6) is 0 Å². The zero-order chi connectivity index (χ0) is 21.9. The summed E-state index contributed by atoms with van der Waals surface area (Å²) in [5.74, 6) is 0.869. The molecule has 10 heteroatoms. The summed E-state index contributed by atoms with van der Waals surface area (Å²) in [6.45, 7) is 10.0. The fourth-order valence-corrected chi connectivity index (χ4v) is 4.76. The van der Waals surface area contributed by atoms with Gasteiger partial charge < -0.3 is 19.9 Å². The lowest BCUT2D eigenvalue weighted by atomic mass is 10.1. The van der Waals surface area contributed by atoms with Crippen LogP contribution in [0.3, 0.4) is 0 Å². The molecule has 0 radical (unpaired) electrons. The first-order valence-electron chi connectivity index (χ1n) is 10.6. The zero-order valence-electron chi connectivity index (χ0n) is 18.2. The first-order chi connectivity index (χ1) is 14.1. The van der Waals surface area contributed by atoms with Crippen LogP contribution in [0.15, 0.2) is 18.3 Å². The van der Waals surface area contributed by atoms with Crippen LogP contribution in [0.25, 0.3) is 0 Å². The SMILES string of the molecule is CC1CN(c2ccc(NC(=O)N3CCC(NS(=O)(=O)C(C)C)CC3)cn2)CC(C)O1. The highest BCUT2D eigenvalue weighted by Gasteiger charge is 2.27. The number of hydrogen-bond acceptors (Lipinski definition) is 6. The number of morpholine rings is 1. The predicted molar refractivity (Wildman–Crippen MR) is 117 cm³/mol. The van der Waals surface area contributed by atoms with Crippen molar-refractivity contribution in [3.63, 3.8) is 0 Å². The van der Waals surface area contributed by atoms with Gasteiger partial charge in [0.15, 0.2) is 0 Å². The van der Waals surface area contributed by atoms with Crippen LogP contribution in [0.1, 0.15) is 40.5 Å². The summed E-state index contributed by atoms with van der Waals surface area (Å²) in [7, 11) is -3.29. The molecule has 0 bridgehead atoms. The van der Waals surface area contributed by atoms with Gasteiger partial charge in [-0.3, -0.25) is 0 Å². The Labute approximate surface area is 179 Å². The molecule has 1 aromatic rings. The van der Waals surface area contributed by atoms with Crippen molar-refractivity contribution < 1.29 is 17.9 Å². The number of nitrogens with one attached hydrogen (secondary N) is 2. The maximum absolute atomic E-state index is 12.6. The second-order valence-corrected chi connectivity index (χ2v) is 10.7. The number of nitrogens with zero attached hydrogens (tertiary/aromatic N) is 3. The lowest BCUT2D eigenvalue weighted by Crippen LogP contribution is -2.48. The molecule has 9 nitrogen and oxygen atoms in total. The van der Waals surface area contributed by atoms with E-state index in [0.717, 1.165) is 18.9 Å². The second-order valence-electron chi connectivity index (χ2n) is 8.47. The average Bonchev–Trinajstić information content (AvgIpc) is 2.68. The Hall–Kier alpha value is -1.91. The fourth-order valence-electron chi connectivity index (χ4n) is 3.78. The third-order valence-electron chi connectivity index (χ3n) is 5.48. The molecule has 3 rings (SSSR count). The Balaban J connectivity index is 1.50. The molecule has 2 atom stereocenters. The third kappa shape index (κ3) is 5.83. The zero-order valence-corrected chi connectivity index (χ0v) is 19.0. The average molecular weight is 440 g/mol. The number of carbonyl (C=O) groups is 1. The number of likely N-dealkylation sites (tertiary alicyclic amines) is 1. The van der Waals surface area contributed by atoms with Gasteiger partial charge in [0.05, 0.1) is 29.3 Å². The van der Waals surface area contributed by atoms with Crippen molar-refractivity contribution in [3.05, 3.63) is 18.3 Å². The van der Waals surface area contributed by atoms with Gasteiger partial charge in [0, 0.05) is 32.2 Å². The number of ether oxygens (including phenoxy) is 1. The molecule has 30 heavy (non-hydrogen) atoms. The molecule has 0 aromatic carbocycles. The second kappa shape index (κ2) is 9.49. The smallest absolute Gasteiger partial charge is 0.321 e. The lowest BCUT2D eigenvalue weighted by molar-refractivity contribution is -0.00545. The topological polar surface area (TPSA) is 104 Å². The number of urea groups is 1. The number of piperidine rings is 1. The van der Waals surface area contributed by atoms with Crippen molar-refractivity contribution in [1.82, 2.24) is 14.6 Å². The molecule has 2 unspecified atom stereocenters. The largest absolute Gasteiger partial charge is 0.372 e. The molecule has 2 amide bonds. The summed E-state index contributed by atoms with van der Waals surface area (Å²) >= 11 is 0. The van der Waals surface area contributed by atoms with Gasteiger partial charge in [0.25, 0.3) is 0 Å². The van der Waals surface area contributed by atoms with E-state index in [1.165, 1.54) is 0 Å². The molecular weight excluding hydrogens is 406 g/mol. The molecule has 2 aliphatic heterocycles. The lowest BCUT2D eigenvalue weighted by Gasteiger charge is -2.36. The highest BCUT2D eigenvalue weighted by Crippen LogP contribution is 2.20. The number of rotatable bonds is 5. The minimum absolute atomic E-state index is 0.124. The Morgan fingerprint density at radius 1 is 1.17 bits per heavy atom. The predicted octanol–water partition coefficient (Wildman–Crippen LogP) is 2.02. The molecule has 0 saturated carbocycles. The van der Waals surface area contributed by atoms with Crippen LogP contribution in [0.4, 0.5) is 16.3 Å². The molecule has 2 fully saturated rings. The van der Waals surface area contributed by atoms with Gasteiger partial charge in [-0.25, -0.2) is 22.9 Å². The highest BCUT2D eigenvalue weighted by atomic mass is 32.2. The first-order valence-corrected chi connectivity index (χ1v) is 12.1. The number of sulfonamides is 1. The van der Waals surface area contributed by atoms with Crippen molar-refractivity contribution >= 4 is 27.6 Å². The number of hydrogen-bond donors (Lipinski definition) is 2. The fraction of sp³-hybridized carbons (Fsp3) is 0.700. The molecule has 1 aromatic heterocycles. The number of amides is 2. The summed E-state index contributed by atoms with van der Waals surface area (Å²) in [5.41, 5.74) is 0.640. The van der Waals surface area contributed by atoms with E-state index in [2.05, 4.69) is 19.9 Å². The third-order valence-corrected chi connectivity index (χ3v) is 7.38. The van der Waals surface area contributed by atoms with Gasteiger partial charge in [-0.2, -0.15) is 0 Å². The van der Waals surface area contributed by atoms with E-state index < -0.39 is 15.3 Å². The molecule has 0 spiro atoms. The van der Waals surface area contributed by atoms with E-state index in [9.17, 15) is 13.2 Å². The van der Waals surface area contributed by atoms with Crippen molar-refractivity contribution in [1.29, 1.82) is 0 Å².